The first kappa shape index (κ1) is 30.1. The number of hydrogen-bond donors (Lipinski definition) is 2. The molecule has 2 atom stereocenters. The lowest BCUT2D eigenvalue weighted by atomic mass is 9.78. The second-order valence-electron chi connectivity index (χ2n) is 7.95. The van der Waals surface area contributed by atoms with Crippen LogP contribution in [0.25, 0.3) is 0 Å². The molecule has 2 amide bonds. The Labute approximate surface area is 235 Å². The second kappa shape index (κ2) is 12.6. The summed E-state index contributed by atoms with van der Waals surface area (Å²) in [6.45, 7) is 1.98. The smallest absolute Gasteiger partial charge is 0.418 e. The first-order valence-corrected chi connectivity index (χ1v) is 12.9. The zero-order valence-electron chi connectivity index (χ0n) is 20.3. The van der Waals surface area contributed by atoms with Crippen LogP contribution in [0.4, 0.5) is 18.9 Å². The highest BCUT2D eigenvalue weighted by Crippen LogP contribution is 2.44. The highest BCUT2D eigenvalue weighted by molar-refractivity contribution is 8.03. The summed E-state index contributed by atoms with van der Waals surface area (Å²) >= 11 is 13.3. The van der Waals surface area contributed by atoms with Crippen LogP contribution in [0.1, 0.15) is 24.0 Å². The van der Waals surface area contributed by atoms with Gasteiger partial charge in [-0.05, 0) is 36.8 Å². The summed E-state index contributed by atoms with van der Waals surface area (Å²) in [4.78, 5) is 38.1. The van der Waals surface area contributed by atoms with Gasteiger partial charge in [-0.2, -0.15) is 18.4 Å². The number of halogens is 5. The van der Waals surface area contributed by atoms with Crippen LogP contribution in [0, 0.1) is 17.2 Å². The van der Waals surface area contributed by atoms with Crippen LogP contribution in [0.3, 0.4) is 0 Å². The van der Waals surface area contributed by atoms with E-state index in [1.165, 1.54) is 24.3 Å². The van der Waals surface area contributed by atoms with Crippen LogP contribution >= 0.6 is 35.0 Å². The number of nitriles is 1. The van der Waals surface area contributed by atoms with Gasteiger partial charge in [0.25, 0.3) is 0 Å². The number of carbonyl (C=O) groups excluding carboxylic acids is 3. The Balaban J connectivity index is 1.97. The number of allylic oxidation sites excluding steroid dienone is 1. The summed E-state index contributed by atoms with van der Waals surface area (Å²) in [7, 11) is 1.08. The van der Waals surface area contributed by atoms with Crippen LogP contribution < -0.4 is 15.4 Å². The van der Waals surface area contributed by atoms with Gasteiger partial charge < -0.3 is 20.1 Å². The van der Waals surface area contributed by atoms with E-state index in [-0.39, 0.29) is 38.6 Å². The lowest BCUT2D eigenvalue weighted by Gasteiger charge is -2.31. The highest BCUT2D eigenvalue weighted by Gasteiger charge is 2.45. The molecule has 206 valence electrons. The number of thioether (sulfide) groups is 1. The van der Waals surface area contributed by atoms with Crippen molar-refractivity contribution in [1.29, 1.82) is 5.26 Å². The molecule has 0 fully saturated rings. The number of alkyl halides is 3. The van der Waals surface area contributed by atoms with Gasteiger partial charge in [0.05, 0.1) is 57.4 Å². The number of esters is 1. The number of nitrogens with zero attached hydrogens (tertiary/aromatic N) is 1. The van der Waals surface area contributed by atoms with E-state index >= 15 is 0 Å². The van der Waals surface area contributed by atoms with Crippen molar-refractivity contribution in [2.45, 2.75) is 19.0 Å². The van der Waals surface area contributed by atoms with Gasteiger partial charge in [-0.25, -0.2) is 0 Å². The van der Waals surface area contributed by atoms with Crippen molar-refractivity contribution < 1.29 is 37.0 Å². The fraction of sp³-hybridized carbons (Fsp3) is 0.280. The van der Waals surface area contributed by atoms with Crippen molar-refractivity contribution in [2.75, 3.05) is 24.8 Å². The number of amides is 2. The van der Waals surface area contributed by atoms with Crippen LogP contribution in [0.2, 0.25) is 10.0 Å². The number of nitrogens with one attached hydrogen (secondary N) is 2. The van der Waals surface area contributed by atoms with E-state index in [2.05, 4.69) is 10.6 Å². The van der Waals surface area contributed by atoms with E-state index in [1.54, 1.807) is 6.92 Å². The van der Waals surface area contributed by atoms with E-state index in [9.17, 15) is 32.8 Å². The van der Waals surface area contributed by atoms with Crippen molar-refractivity contribution in [3.8, 4) is 11.8 Å². The molecule has 1 aliphatic rings. The number of methoxy groups -OCH3 is 1. The maximum absolute atomic E-state index is 13.3. The minimum Gasteiger partial charge on any atom is -0.491 e. The summed E-state index contributed by atoms with van der Waals surface area (Å²) in [5.41, 5.74) is -1.34. The summed E-state index contributed by atoms with van der Waals surface area (Å²) in [5, 5.41) is 14.7. The van der Waals surface area contributed by atoms with Crippen molar-refractivity contribution in [1.82, 2.24) is 5.32 Å². The second-order valence-corrected chi connectivity index (χ2v) is 9.75. The minimum atomic E-state index is -4.69. The number of para-hydroxylation sites is 1. The average Bonchev–Trinajstić information content (AvgIpc) is 2.88. The standard InChI is InChI=1S/C25H20Cl2F3N3O5S/c1-3-38-21-15(26)8-12(9-16(21)27)19-13(10-31)23(33-22(35)20(19)24(36)37-2)39-11-18(34)32-17-7-5-4-6-14(17)25(28,29)30/h4-9,19-20H,3,11H2,1-2H3,(H,32,34)(H,33,35)/t19-,20+/m0/s1. The van der Waals surface area contributed by atoms with Gasteiger partial charge in [-0.3, -0.25) is 14.4 Å². The molecule has 2 N–H and O–H groups in total. The number of hydrogen-bond acceptors (Lipinski definition) is 7. The van der Waals surface area contributed by atoms with Gasteiger partial charge in [-0.1, -0.05) is 47.1 Å². The van der Waals surface area contributed by atoms with E-state index in [1.807, 2.05) is 6.07 Å². The summed E-state index contributed by atoms with van der Waals surface area (Å²) in [5.74, 6) is -5.56. The van der Waals surface area contributed by atoms with Gasteiger partial charge >= 0.3 is 12.1 Å². The molecular weight excluding hydrogens is 582 g/mol. The van der Waals surface area contributed by atoms with Gasteiger partial charge in [0.1, 0.15) is 5.92 Å². The van der Waals surface area contributed by atoms with Crippen LogP contribution in [0.5, 0.6) is 5.75 Å². The average molecular weight is 602 g/mol. The van der Waals surface area contributed by atoms with Crippen LogP contribution in [-0.2, 0) is 25.3 Å². The zero-order valence-corrected chi connectivity index (χ0v) is 22.6. The summed E-state index contributed by atoms with van der Waals surface area (Å²) in [6, 6.07) is 9.20. The number of carbonyl (C=O) groups is 3. The molecular formula is C25H20Cl2F3N3O5S. The molecule has 2 aromatic rings. The topological polar surface area (TPSA) is 118 Å². The third-order valence-corrected chi connectivity index (χ3v) is 7.08. The van der Waals surface area contributed by atoms with Gasteiger partial charge in [0.2, 0.25) is 11.8 Å². The molecule has 3 rings (SSSR count). The van der Waals surface area contributed by atoms with E-state index in [0.717, 1.165) is 19.2 Å². The Morgan fingerprint density at radius 3 is 2.41 bits per heavy atom. The Kier molecular flexibility index (Phi) is 9.77. The largest absolute Gasteiger partial charge is 0.491 e. The summed E-state index contributed by atoms with van der Waals surface area (Å²) < 4.78 is 50.0. The Morgan fingerprint density at radius 2 is 1.85 bits per heavy atom. The van der Waals surface area contributed by atoms with Crippen LogP contribution in [-0.4, -0.2) is 37.3 Å². The molecule has 0 aromatic heterocycles. The first-order chi connectivity index (χ1) is 18.4. The SMILES string of the molecule is CCOc1c(Cl)cc([C@H]2C(C#N)=C(SCC(=O)Nc3ccccc3C(F)(F)F)NC(=O)[C@@H]2C(=O)OC)cc1Cl. The van der Waals surface area contributed by atoms with Gasteiger partial charge in [0, 0.05) is 5.92 Å². The van der Waals surface area contributed by atoms with E-state index in [0.29, 0.717) is 11.8 Å². The predicted molar refractivity (Wildman–Crippen MR) is 139 cm³/mol. The molecule has 1 heterocycles. The molecule has 39 heavy (non-hydrogen) atoms. The highest BCUT2D eigenvalue weighted by atomic mass is 35.5. The normalized spacial score (nSPS) is 17.2. The van der Waals surface area contributed by atoms with E-state index < -0.39 is 52.8 Å². The molecule has 0 bridgehead atoms. The molecule has 0 saturated heterocycles. The fourth-order valence-corrected chi connectivity index (χ4v) is 5.35. The van der Waals surface area contributed by atoms with Gasteiger partial charge in [-0.15, -0.1) is 0 Å². The van der Waals surface area contributed by atoms with Crippen molar-refractivity contribution in [3.63, 3.8) is 0 Å². The van der Waals surface area contributed by atoms with Crippen molar-refractivity contribution in [3.05, 3.63) is 68.2 Å². The Bertz CT molecular complexity index is 1350. The van der Waals surface area contributed by atoms with Crippen molar-refractivity contribution >= 4 is 58.4 Å². The molecule has 0 unspecified atom stereocenters. The minimum absolute atomic E-state index is 0.0620. The maximum atomic E-state index is 13.3. The van der Waals surface area contributed by atoms with Crippen LogP contribution in [0.15, 0.2) is 47.0 Å². The maximum Gasteiger partial charge on any atom is 0.418 e. The molecule has 0 aliphatic carbocycles. The fourth-order valence-electron chi connectivity index (χ4n) is 3.88. The molecule has 0 saturated carbocycles. The molecule has 0 spiro atoms. The molecule has 1 aliphatic heterocycles. The number of ether oxygens (including phenoxy) is 2. The third kappa shape index (κ3) is 6.79. The Hall–Kier alpha value is -3.40. The molecule has 2 aromatic carbocycles. The summed E-state index contributed by atoms with van der Waals surface area (Å²) in [6.07, 6.45) is -4.69. The molecule has 0 radical (unpaired) electrons. The molecule has 8 nitrogen and oxygen atoms in total. The zero-order chi connectivity index (χ0) is 28.9. The molecule has 14 heteroatoms. The number of anilines is 1. The third-order valence-electron chi connectivity index (χ3n) is 5.51. The lowest BCUT2D eigenvalue weighted by molar-refractivity contribution is -0.150. The van der Waals surface area contributed by atoms with Crippen molar-refractivity contribution in [2.24, 2.45) is 5.92 Å². The van der Waals surface area contributed by atoms with Gasteiger partial charge in [0.15, 0.2) is 5.75 Å². The predicted octanol–water partition coefficient (Wildman–Crippen LogP) is 5.52. The monoisotopic (exact) mass is 601 g/mol. The lowest BCUT2D eigenvalue weighted by Crippen LogP contribution is -2.44. The Morgan fingerprint density at radius 1 is 1.21 bits per heavy atom. The number of benzene rings is 2. The quantitative estimate of drug-likeness (QED) is 0.302. The number of rotatable bonds is 8. The first-order valence-electron chi connectivity index (χ1n) is 11.2. The van der Waals surface area contributed by atoms with E-state index in [4.69, 9.17) is 32.7 Å².